The minimum absolute atomic E-state index is 0.0114. The predicted molar refractivity (Wildman–Crippen MR) is 94.0 cm³/mol. The van der Waals surface area contributed by atoms with E-state index in [-0.39, 0.29) is 18.7 Å². The van der Waals surface area contributed by atoms with Crippen molar-refractivity contribution in [3.8, 4) is 5.75 Å². The summed E-state index contributed by atoms with van der Waals surface area (Å²) in [5, 5.41) is 15.0. The van der Waals surface area contributed by atoms with E-state index in [0.29, 0.717) is 13.0 Å². The van der Waals surface area contributed by atoms with E-state index in [2.05, 4.69) is 10.6 Å². The maximum Gasteiger partial charge on any atom is 0.315 e. The largest absolute Gasteiger partial charge is 0.496 e. The van der Waals surface area contributed by atoms with Gasteiger partial charge in [-0.1, -0.05) is 42.5 Å². The van der Waals surface area contributed by atoms with Crippen LogP contribution >= 0.6 is 0 Å². The van der Waals surface area contributed by atoms with Gasteiger partial charge < -0.3 is 20.5 Å². The number of aliphatic hydroxyl groups excluding tert-OH is 1. The van der Waals surface area contributed by atoms with E-state index in [4.69, 9.17) is 4.74 Å². The van der Waals surface area contributed by atoms with Crippen LogP contribution < -0.4 is 15.4 Å². The Morgan fingerprint density at radius 3 is 2.58 bits per heavy atom. The van der Waals surface area contributed by atoms with Crippen LogP contribution in [0.1, 0.15) is 29.2 Å². The fourth-order valence-corrected chi connectivity index (χ4v) is 2.58. The van der Waals surface area contributed by atoms with Crippen LogP contribution in [0.2, 0.25) is 0 Å². The van der Waals surface area contributed by atoms with E-state index < -0.39 is 0 Å². The van der Waals surface area contributed by atoms with Gasteiger partial charge in [-0.2, -0.15) is 0 Å². The number of ether oxygens (including phenoxy) is 1. The lowest BCUT2D eigenvalue weighted by Crippen LogP contribution is -2.38. The molecular formula is C19H24N2O3. The molecule has 5 nitrogen and oxygen atoms in total. The molecule has 0 unspecified atom stereocenters. The zero-order chi connectivity index (χ0) is 17.4. The highest BCUT2D eigenvalue weighted by molar-refractivity contribution is 5.74. The predicted octanol–water partition coefficient (Wildman–Crippen LogP) is 2.93. The molecular weight excluding hydrogens is 304 g/mol. The zero-order valence-corrected chi connectivity index (χ0v) is 14.1. The summed E-state index contributed by atoms with van der Waals surface area (Å²) in [6, 6.07) is 15.0. The van der Waals surface area contributed by atoms with E-state index in [1.54, 1.807) is 7.11 Å². The highest BCUT2D eigenvalue weighted by atomic mass is 16.5. The van der Waals surface area contributed by atoms with Gasteiger partial charge in [0, 0.05) is 13.2 Å². The molecule has 3 N–H and O–H groups in total. The Kier molecular flexibility index (Phi) is 6.63. The van der Waals surface area contributed by atoms with Crippen LogP contribution in [0, 0.1) is 6.92 Å². The number of urea groups is 1. The van der Waals surface area contributed by atoms with Crippen LogP contribution in [0.4, 0.5) is 4.79 Å². The maximum atomic E-state index is 12.2. The summed E-state index contributed by atoms with van der Waals surface area (Å²) >= 11 is 0. The number of methoxy groups -OCH3 is 1. The number of carbonyl (C=O) groups is 1. The van der Waals surface area contributed by atoms with Crippen LogP contribution in [0.15, 0.2) is 48.5 Å². The first-order valence-corrected chi connectivity index (χ1v) is 7.97. The molecule has 5 heteroatoms. The fraction of sp³-hybridized carbons (Fsp3) is 0.316. The Morgan fingerprint density at radius 2 is 1.96 bits per heavy atom. The number of hydrogen-bond acceptors (Lipinski definition) is 3. The summed E-state index contributed by atoms with van der Waals surface area (Å²) in [5.41, 5.74) is 3.00. The first-order chi connectivity index (χ1) is 11.6. The number of aliphatic hydroxyl groups is 1. The van der Waals surface area contributed by atoms with Crippen molar-refractivity contribution in [2.75, 3.05) is 13.7 Å². The number of carbonyl (C=O) groups excluding carboxylic acids is 1. The van der Waals surface area contributed by atoms with Crippen molar-refractivity contribution >= 4 is 6.03 Å². The summed E-state index contributed by atoms with van der Waals surface area (Å²) in [7, 11) is 1.64. The van der Waals surface area contributed by atoms with Crippen molar-refractivity contribution in [2.24, 2.45) is 0 Å². The Morgan fingerprint density at radius 1 is 1.21 bits per heavy atom. The summed E-state index contributed by atoms with van der Waals surface area (Å²) in [4.78, 5) is 12.2. The minimum Gasteiger partial charge on any atom is -0.496 e. The second-order valence-corrected chi connectivity index (χ2v) is 5.61. The average Bonchev–Trinajstić information content (AvgIpc) is 2.60. The third-order valence-corrected chi connectivity index (χ3v) is 3.84. The van der Waals surface area contributed by atoms with Gasteiger partial charge in [-0.15, -0.1) is 0 Å². The normalized spacial score (nSPS) is 11.6. The molecule has 0 fully saturated rings. The highest BCUT2D eigenvalue weighted by Gasteiger charge is 2.13. The van der Waals surface area contributed by atoms with Gasteiger partial charge in [0.25, 0.3) is 0 Å². The Bertz CT molecular complexity index is 659. The van der Waals surface area contributed by atoms with E-state index in [9.17, 15) is 9.90 Å². The van der Waals surface area contributed by atoms with Crippen LogP contribution in [-0.4, -0.2) is 24.9 Å². The monoisotopic (exact) mass is 328 g/mol. The third kappa shape index (κ3) is 4.99. The number of hydrogen-bond donors (Lipinski definition) is 3. The number of nitrogens with one attached hydrogen (secondary N) is 2. The molecule has 0 spiro atoms. The molecule has 2 aromatic rings. The Labute approximate surface area is 142 Å². The quantitative estimate of drug-likeness (QED) is 0.732. The van der Waals surface area contributed by atoms with Crippen LogP contribution in [0.3, 0.4) is 0 Å². The van der Waals surface area contributed by atoms with Crippen molar-refractivity contribution in [2.45, 2.75) is 25.9 Å². The van der Waals surface area contributed by atoms with E-state index in [1.807, 2.05) is 55.5 Å². The number of aryl methyl sites for hydroxylation is 1. The second kappa shape index (κ2) is 8.93. The molecule has 0 bridgehead atoms. The Hall–Kier alpha value is -2.53. The third-order valence-electron chi connectivity index (χ3n) is 3.84. The lowest BCUT2D eigenvalue weighted by Gasteiger charge is -2.19. The molecule has 1 atom stereocenters. The van der Waals surface area contributed by atoms with Crippen molar-refractivity contribution in [3.63, 3.8) is 0 Å². The van der Waals surface area contributed by atoms with Gasteiger partial charge in [-0.25, -0.2) is 4.79 Å². The summed E-state index contributed by atoms with van der Waals surface area (Å²) < 4.78 is 5.23. The molecule has 2 aromatic carbocycles. The lowest BCUT2D eigenvalue weighted by molar-refractivity contribution is 0.229. The molecule has 0 aromatic heterocycles. The topological polar surface area (TPSA) is 70.6 Å². The summed E-state index contributed by atoms with van der Waals surface area (Å²) in [6.45, 7) is 2.41. The molecule has 24 heavy (non-hydrogen) atoms. The molecule has 0 aliphatic carbocycles. The van der Waals surface area contributed by atoms with Gasteiger partial charge in [0.1, 0.15) is 5.75 Å². The van der Waals surface area contributed by atoms with Gasteiger partial charge in [-0.05, 0) is 36.1 Å². The standard InChI is InChI=1S/C19H24N2O3/c1-14-12-15(8-9-18(14)24-2)13-20-19(23)21-17(10-11-22)16-6-4-3-5-7-16/h3-9,12,17,22H,10-11,13H2,1-2H3,(H2,20,21,23)/t17-/m1/s1. The van der Waals surface area contributed by atoms with E-state index >= 15 is 0 Å². The second-order valence-electron chi connectivity index (χ2n) is 5.61. The molecule has 0 aliphatic rings. The molecule has 128 valence electrons. The van der Waals surface area contributed by atoms with Crippen molar-refractivity contribution in [1.29, 1.82) is 0 Å². The van der Waals surface area contributed by atoms with Gasteiger partial charge in [0.15, 0.2) is 0 Å². The fourth-order valence-electron chi connectivity index (χ4n) is 2.58. The van der Waals surface area contributed by atoms with E-state index in [1.165, 1.54) is 0 Å². The SMILES string of the molecule is COc1ccc(CNC(=O)N[C@H](CCO)c2ccccc2)cc1C. The minimum atomic E-state index is -0.259. The molecule has 2 rings (SSSR count). The van der Waals surface area contributed by atoms with Gasteiger partial charge in [-0.3, -0.25) is 0 Å². The molecule has 0 heterocycles. The smallest absolute Gasteiger partial charge is 0.315 e. The molecule has 2 amide bonds. The molecule has 0 radical (unpaired) electrons. The van der Waals surface area contributed by atoms with Crippen LogP contribution in [0.5, 0.6) is 5.75 Å². The number of rotatable bonds is 7. The van der Waals surface area contributed by atoms with Crippen molar-refractivity contribution in [1.82, 2.24) is 10.6 Å². The number of amides is 2. The van der Waals surface area contributed by atoms with Gasteiger partial charge in [0.2, 0.25) is 0 Å². The highest BCUT2D eigenvalue weighted by Crippen LogP contribution is 2.18. The lowest BCUT2D eigenvalue weighted by atomic mass is 10.0. The van der Waals surface area contributed by atoms with E-state index in [0.717, 1.165) is 22.4 Å². The van der Waals surface area contributed by atoms with Crippen molar-refractivity contribution in [3.05, 3.63) is 65.2 Å². The summed E-state index contributed by atoms with van der Waals surface area (Å²) in [5.74, 6) is 0.829. The van der Waals surface area contributed by atoms with Gasteiger partial charge in [0.05, 0.1) is 13.2 Å². The first kappa shape index (κ1) is 17.8. The maximum absolute atomic E-state index is 12.2. The van der Waals surface area contributed by atoms with Crippen LogP contribution in [-0.2, 0) is 6.54 Å². The molecule has 0 aliphatic heterocycles. The van der Waals surface area contributed by atoms with Gasteiger partial charge >= 0.3 is 6.03 Å². The van der Waals surface area contributed by atoms with Crippen molar-refractivity contribution < 1.29 is 14.6 Å². The molecule has 0 saturated heterocycles. The Balaban J connectivity index is 1.92. The zero-order valence-electron chi connectivity index (χ0n) is 14.1. The molecule has 0 saturated carbocycles. The summed E-state index contributed by atoms with van der Waals surface area (Å²) in [6.07, 6.45) is 0.471. The number of benzene rings is 2. The van der Waals surface area contributed by atoms with Crippen LogP contribution in [0.25, 0.3) is 0 Å². The first-order valence-electron chi connectivity index (χ1n) is 7.97. The average molecular weight is 328 g/mol.